The van der Waals surface area contributed by atoms with Crippen LogP contribution in [0.3, 0.4) is 0 Å². The Balaban J connectivity index is 1.99. The highest BCUT2D eigenvalue weighted by Crippen LogP contribution is 2.54. The van der Waals surface area contributed by atoms with Crippen molar-refractivity contribution >= 4 is 27.4 Å². The molecule has 1 N–H and O–H groups in total. The molecule has 4 nitrogen and oxygen atoms in total. The molecule has 0 unspecified atom stereocenters. The molecule has 0 bridgehead atoms. The number of hydrogen-bond acceptors (Lipinski definition) is 3. The Hall–Kier alpha value is -1.85. The number of benzene rings is 2. The first kappa shape index (κ1) is 15.1. The minimum atomic E-state index is -3.71. The first-order valence-corrected chi connectivity index (χ1v) is 8.62. The molecule has 0 radical (unpaired) electrons. The lowest BCUT2D eigenvalue weighted by molar-refractivity contribution is -0.138. The normalized spacial score (nSPS) is 24.0. The van der Waals surface area contributed by atoms with Gasteiger partial charge in [-0.2, -0.15) is 0 Å². The smallest absolute Gasteiger partial charge is 0.308 e. The largest absolute Gasteiger partial charge is 0.481 e. The summed E-state index contributed by atoms with van der Waals surface area (Å²) in [6.07, 6.45) is 0. The second-order valence-corrected chi connectivity index (χ2v) is 7.81. The molecule has 2 aromatic rings. The summed E-state index contributed by atoms with van der Waals surface area (Å²) in [5, 5.41) is 8.82. The number of carboxylic acid groups (broad SMARTS) is 1. The molecule has 0 aliphatic heterocycles. The maximum absolute atomic E-state index is 12.7. The summed E-state index contributed by atoms with van der Waals surface area (Å²) < 4.78 is 25.4. The number of sulfone groups is 1. The molecule has 1 fully saturated rings. The van der Waals surface area contributed by atoms with E-state index in [1.165, 1.54) is 24.3 Å². The minimum Gasteiger partial charge on any atom is -0.481 e. The van der Waals surface area contributed by atoms with Crippen molar-refractivity contribution in [1.29, 1.82) is 0 Å². The van der Waals surface area contributed by atoms with Crippen molar-refractivity contribution < 1.29 is 18.3 Å². The van der Waals surface area contributed by atoms with E-state index >= 15 is 0 Å². The van der Waals surface area contributed by atoms with Crippen molar-refractivity contribution in [2.45, 2.75) is 16.1 Å². The lowest BCUT2D eigenvalue weighted by Gasteiger charge is -2.04. The number of aliphatic carboxylic acids is 1. The summed E-state index contributed by atoms with van der Waals surface area (Å²) >= 11 is 5.77. The summed E-state index contributed by atoms with van der Waals surface area (Å²) in [5.41, 5.74) is 0.734. The van der Waals surface area contributed by atoms with E-state index in [-0.39, 0.29) is 4.90 Å². The summed E-state index contributed by atoms with van der Waals surface area (Å²) in [6.45, 7) is 0. The van der Waals surface area contributed by atoms with Gasteiger partial charge in [0.25, 0.3) is 0 Å². The number of rotatable bonds is 4. The van der Waals surface area contributed by atoms with E-state index in [9.17, 15) is 18.3 Å². The number of hydrogen-bond donors (Lipinski definition) is 1. The molecular weight excluding hydrogens is 324 g/mol. The maximum Gasteiger partial charge on any atom is 0.308 e. The van der Waals surface area contributed by atoms with Gasteiger partial charge in [0.05, 0.1) is 16.1 Å². The van der Waals surface area contributed by atoms with E-state index in [1.54, 1.807) is 24.3 Å². The van der Waals surface area contributed by atoms with Crippen molar-refractivity contribution in [1.82, 2.24) is 0 Å². The second-order valence-electron chi connectivity index (χ2n) is 5.26. The first-order valence-electron chi connectivity index (χ1n) is 6.70. The minimum absolute atomic E-state index is 0.103. The molecule has 0 amide bonds. The van der Waals surface area contributed by atoms with Crippen LogP contribution in [0.2, 0.25) is 5.02 Å². The fourth-order valence-electron chi connectivity index (χ4n) is 2.82. The highest BCUT2D eigenvalue weighted by Gasteiger charge is 2.63. The van der Waals surface area contributed by atoms with Crippen LogP contribution in [0.1, 0.15) is 11.5 Å². The standard InChI is InChI=1S/C16H13ClO4S/c17-11-6-8-12(9-7-11)22(20,21)15-13(14(15)16(18)19)10-4-2-1-3-5-10/h1-9,13-15H,(H,18,19)/t13-,14-,15+/m1/s1. The molecule has 0 aromatic heterocycles. The number of carboxylic acids is 1. The summed E-state index contributed by atoms with van der Waals surface area (Å²) in [7, 11) is -3.71. The van der Waals surface area contributed by atoms with Gasteiger partial charge in [-0.3, -0.25) is 4.79 Å². The number of halogens is 1. The van der Waals surface area contributed by atoms with Gasteiger partial charge in [-0.1, -0.05) is 41.9 Å². The molecule has 0 spiro atoms. The Morgan fingerprint density at radius 2 is 1.59 bits per heavy atom. The van der Waals surface area contributed by atoms with Gasteiger partial charge in [0.2, 0.25) is 0 Å². The van der Waals surface area contributed by atoms with Crippen LogP contribution in [0.5, 0.6) is 0 Å². The van der Waals surface area contributed by atoms with Crippen LogP contribution in [0.15, 0.2) is 59.5 Å². The van der Waals surface area contributed by atoms with Crippen LogP contribution in [-0.2, 0) is 14.6 Å². The van der Waals surface area contributed by atoms with Gasteiger partial charge in [0, 0.05) is 10.9 Å². The first-order chi connectivity index (χ1) is 10.4. The predicted octanol–water partition coefficient (Wildman–Crippen LogP) is 2.98. The van der Waals surface area contributed by atoms with Crippen LogP contribution in [0.4, 0.5) is 0 Å². The van der Waals surface area contributed by atoms with Crippen molar-refractivity contribution in [3.63, 3.8) is 0 Å². The van der Waals surface area contributed by atoms with Crippen molar-refractivity contribution in [2.75, 3.05) is 0 Å². The van der Waals surface area contributed by atoms with E-state index in [1.807, 2.05) is 6.07 Å². The lowest BCUT2D eigenvalue weighted by Crippen LogP contribution is -2.13. The number of carbonyl (C=O) groups is 1. The third-order valence-electron chi connectivity index (χ3n) is 3.92. The predicted molar refractivity (Wildman–Crippen MR) is 82.7 cm³/mol. The molecule has 114 valence electrons. The molecule has 0 heterocycles. The van der Waals surface area contributed by atoms with Gasteiger partial charge < -0.3 is 5.11 Å². The van der Waals surface area contributed by atoms with Crippen molar-refractivity contribution in [2.24, 2.45) is 5.92 Å². The van der Waals surface area contributed by atoms with Gasteiger partial charge in [0.15, 0.2) is 9.84 Å². The third-order valence-corrected chi connectivity index (χ3v) is 6.41. The Labute approximate surface area is 133 Å². The van der Waals surface area contributed by atoms with E-state index in [4.69, 9.17) is 11.6 Å². The van der Waals surface area contributed by atoms with Crippen LogP contribution in [-0.4, -0.2) is 24.7 Å². The van der Waals surface area contributed by atoms with E-state index in [2.05, 4.69) is 0 Å². The monoisotopic (exact) mass is 336 g/mol. The van der Waals surface area contributed by atoms with Crippen LogP contribution in [0, 0.1) is 5.92 Å². The third kappa shape index (κ3) is 2.51. The fourth-order valence-corrected chi connectivity index (χ4v) is 5.07. The molecule has 2 aromatic carbocycles. The molecule has 6 heteroatoms. The van der Waals surface area contributed by atoms with Gasteiger partial charge in [0.1, 0.15) is 0 Å². The molecule has 3 atom stereocenters. The van der Waals surface area contributed by atoms with Crippen LogP contribution in [0.25, 0.3) is 0 Å². The maximum atomic E-state index is 12.7. The SMILES string of the molecule is O=C(O)[C@@H]1[C@@H](c2ccccc2)[C@@H]1S(=O)(=O)c1ccc(Cl)cc1. The Morgan fingerprint density at radius 1 is 1.00 bits per heavy atom. The highest BCUT2D eigenvalue weighted by atomic mass is 35.5. The Bertz CT molecular complexity index is 800. The zero-order valence-corrected chi connectivity index (χ0v) is 13.0. The van der Waals surface area contributed by atoms with Crippen LogP contribution >= 0.6 is 11.6 Å². The van der Waals surface area contributed by atoms with Crippen molar-refractivity contribution in [3.05, 3.63) is 65.2 Å². The molecule has 22 heavy (non-hydrogen) atoms. The fraction of sp³-hybridized carbons (Fsp3) is 0.188. The zero-order chi connectivity index (χ0) is 15.9. The van der Waals surface area contributed by atoms with E-state index in [0.29, 0.717) is 5.02 Å². The molecule has 1 aliphatic carbocycles. The Morgan fingerprint density at radius 3 is 2.14 bits per heavy atom. The summed E-state index contributed by atoms with van der Waals surface area (Å²) in [4.78, 5) is 11.5. The van der Waals surface area contributed by atoms with Gasteiger partial charge in [-0.05, 0) is 29.8 Å². The zero-order valence-electron chi connectivity index (χ0n) is 11.4. The second kappa shape index (κ2) is 5.41. The molecule has 1 saturated carbocycles. The molecule has 0 saturated heterocycles. The van der Waals surface area contributed by atoms with E-state index in [0.717, 1.165) is 5.56 Å². The highest BCUT2D eigenvalue weighted by molar-refractivity contribution is 7.92. The molecule has 1 aliphatic rings. The summed E-state index contributed by atoms with van der Waals surface area (Å²) in [6, 6.07) is 14.7. The lowest BCUT2D eigenvalue weighted by atomic mass is 10.1. The van der Waals surface area contributed by atoms with Gasteiger partial charge >= 0.3 is 5.97 Å². The van der Waals surface area contributed by atoms with Gasteiger partial charge in [-0.15, -0.1) is 0 Å². The molecular formula is C16H13ClO4S. The average Bonchev–Trinajstić information content (AvgIpc) is 3.25. The molecule has 3 rings (SSSR count). The van der Waals surface area contributed by atoms with E-state index < -0.39 is 32.9 Å². The quantitative estimate of drug-likeness (QED) is 0.931. The van der Waals surface area contributed by atoms with Crippen molar-refractivity contribution in [3.8, 4) is 0 Å². The summed E-state index contributed by atoms with van der Waals surface area (Å²) in [5.74, 6) is -2.51. The topological polar surface area (TPSA) is 71.4 Å². The Kier molecular flexibility index (Phi) is 3.70. The average molecular weight is 337 g/mol. The van der Waals surface area contributed by atoms with Gasteiger partial charge in [-0.25, -0.2) is 8.42 Å². The van der Waals surface area contributed by atoms with Crippen LogP contribution < -0.4 is 0 Å².